The van der Waals surface area contributed by atoms with Crippen LogP contribution >= 0.6 is 11.3 Å². The van der Waals surface area contributed by atoms with Gasteiger partial charge >= 0.3 is 0 Å². The second-order valence-electron chi connectivity index (χ2n) is 13.7. The molecule has 0 fully saturated rings. The van der Waals surface area contributed by atoms with E-state index in [0.29, 0.717) is 6.67 Å². The first-order valence-electron chi connectivity index (χ1n) is 18.0. The first-order chi connectivity index (χ1) is 26.2. The first kappa shape index (κ1) is 30.0. The Bertz CT molecular complexity index is 3110. The molecule has 0 saturated heterocycles. The Hall–Kier alpha value is -6.69. The molecule has 250 valence electrons. The minimum absolute atomic E-state index is 0.412. The summed E-state index contributed by atoms with van der Waals surface area (Å²) in [6.07, 6.45) is 0. The zero-order chi connectivity index (χ0) is 35.0. The summed E-state index contributed by atoms with van der Waals surface area (Å²) >= 11 is 1.72. The van der Waals surface area contributed by atoms with Crippen LogP contribution in [-0.2, 0) is 0 Å². The van der Waals surface area contributed by atoms with Gasteiger partial charge in [0.2, 0.25) is 0 Å². The highest BCUT2D eigenvalue weighted by atomic mass is 32.1. The fourth-order valence-electron chi connectivity index (χ4n) is 8.45. The number of nitrogens with two attached hydrogens (primary N) is 1. The van der Waals surface area contributed by atoms with Gasteiger partial charge in [-0.1, -0.05) is 121 Å². The molecule has 0 saturated carbocycles. The summed E-state index contributed by atoms with van der Waals surface area (Å²) in [6.45, 7) is 0.412. The third-order valence-corrected chi connectivity index (χ3v) is 12.0. The van der Waals surface area contributed by atoms with E-state index in [9.17, 15) is 0 Å². The zero-order valence-corrected chi connectivity index (χ0v) is 29.5. The second-order valence-corrected chi connectivity index (χ2v) is 14.8. The van der Waals surface area contributed by atoms with Crippen molar-refractivity contribution in [2.24, 2.45) is 4.99 Å². The molecule has 0 bridgehead atoms. The molecule has 8 aromatic carbocycles. The van der Waals surface area contributed by atoms with Gasteiger partial charge in [0.1, 0.15) is 6.67 Å². The van der Waals surface area contributed by atoms with Crippen molar-refractivity contribution < 1.29 is 0 Å². The Morgan fingerprint density at radius 3 is 2.08 bits per heavy atom. The van der Waals surface area contributed by atoms with E-state index in [2.05, 4.69) is 179 Å². The number of benzene rings is 8. The van der Waals surface area contributed by atoms with Crippen molar-refractivity contribution in [3.63, 3.8) is 0 Å². The van der Waals surface area contributed by atoms with E-state index in [1.165, 1.54) is 43.4 Å². The molecule has 11 rings (SSSR count). The molecule has 4 nitrogen and oxygen atoms in total. The molecule has 0 radical (unpaired) electrons. The van der Waals surface area contributed by atoms with E-state index < -0.39 is 0 Å². The molecule has 0 spiro atoms. The van der Waals surface area contributed by atoms with E-state index >= 15 is 0 Å². The average molecular weight is 697 g/mol. The van der Waals surface area contributed by atoms with Crippen molar-refractivity contribution in [2.45, 2.75) is 0 Å². The predicted octanol–water partition coefficient (Wildman–Crippen LogP) is 12.5. The molecule has 0 unspecified atom stereocenters. The summed E-state index contributed by atoms with van der Waals surface area (Å²) in [6, 6.07) is 60.9. The minimum atomic E-state index is 0.412. The van der Waals surface area contributed by atoms with E-state index in [1.807, 2.05) is 0 Å². The van der Waals surface area contributed by atoms with Gasteiger partial charge in [-0.05, 0) is 70.3 Å². The van der Waals surface area contributed by atoms with Gasteiger partial charge < -0.3 is 15.2 Å². The molecule has 2 N–H and O–H groups in total. The van der Waals surface area contributed by atoms with Crippen LogP contribution in [-0.4, -0.2) is 16.9 Å². The lowest BCUT2D eigenvalue weighted by atomic mass is 9.90. The normalized spacial score (nSPS) is 12.8. The molecular weight excluding hydrogens is 665 g/mol. The Morgan fingerprint density at radius 1 is 0.547 bits per heavy atom. The fourth-order valence-corrected chi connectivity index (χ4v) is 9.60. The Labute approximate surface area is 310 Å². The van der Waals surface area contributed by atoms with Crippen LogP contribution in [0, 0.1) is 0 Å². The van der Waals surface area contributed by atoms with Crippen molar-refractivity contribution >= 4 is 87.5 Å². The highest BCUT2D eigenvalue weighted by Gasteiger charge is 2.27. The van der Waals surface area contributed by atoms with Crippen LogP contribution in [0.1, 0.15) is 10.4 Å². The number of rotatable bonds is 5. The number of fused-ring (bicyclic) bond motifs is 7. The van der Waals surface area contributed by atoms with Crippen molar-refractivity contribution in [3.8, 4) is 16.8 Å². The molecule has 1 aliphatic heterocycles. The lowest BCUT2D eigenvalue weighted by Gasteiger charge is -2.33. The van der Waals surface area contributed by atoms with Gasteiger partial charge in [0.05, 0.1) is 38.7 Å². The maximum Gasteiger partial charge on any atom is 0.115 e. The van der Waals surface area contributed by atoms with Crippen LogP contribution in [0.5, 0.6) is 0 Å². The summed E-state index contributed by atoms with van der Waals surface area (Å²) in [5.41, 5.74) is 18.1. The highest BCUT2D eigenvalue weighted by Crippen LogP contribution is 2.49. The fraction of sp³-hybridized carbons (Fsp3) is 0.0208. The third kappa shape index (κ3) is 4.51. The summed E-state index contributed by atoms with van der Waals surface area (Å²) < 4.78 is 3.52. The second kappa shape index (κ2) is 11.7. The number of hydrogen-bond acceptors (Lipinski definition) is 4. The highest BCUT2D eigenvalue weighted by molar-refractivity contribution is 7.21. The molecular formula is C48H32N4S. The number of aliphatic imine (C=N–C) groups is 1. The van der Waals surface area contributed by atoms with Gasteiger partial charge in [-0.2, -0.15) is 0 Å². The van der Waals surface area contributed by atoms with Crippen LogP contribution in [0.4, 0.5) is 17.1 Å². The average Bonchev–Trinajstić information content (AvgIpc) is 3.73. The number of thiophene rings is 1. The Kier molecular flexibility index (Phi) is 6.60. The molecule has 1 aliphatic rings. The van der Waals surface area contributed by atoms with Crippen LogP contribution in [0.2, 0.25) is 0 Å². The monoisotopic (exact) mass is 696 g/mol. The van der Waals surface area contributed by atoms with E-state index in [-0.39, 0.29) is 0 Å². The number of anilines is 3. The summed E-state index contributed by atoms with van der Waals surface area (Å²) in [5, 5.41) is 8.32. The van der Waals surface area contributed by atoms with E-state index in [0.717, 1.165) is 60.0 Å². The van der Waals surface area contributed by atoms with Gasteiger partial charge in [-0.25, -0.2) is 0 Å². The topological polar surface area (TPSA) is 46.5 Å². The summed E-state index contributed by atoms with van der Waals surface area (Å²) in [7, 11) is 0. The Balaban J connectivity index is 1.19. The minimum Gasteiger partial charge on any atom is -0.397 e. The van der Waals surface area contributed by atoms with E-state index in [4.69, 9.17) is 10.7 Å². The van der Waals surface area contributed by atoms with Gasteiger partial charge in [-0.15, -0.1) is 11.3 Å². The number of para-hydroxylation sites is 2. The van der Waals surface area contributed by atoms with Crippen molar-refractivity contribution in [3.05, 3.63) is 180 Å². The smallest absolute Gasteiger partial charge is 0.115 e. The molecule has 5 heteroatoms. The van der Waals surface area contributed by atoms with Crippen molar-refractivity contribution in [1.82, 2.24) is 4.57 Å². The SMILES string of the molecule is Nc1c(/C(=N\CN2c3cc4ccccc4cc3-c3cccc4cccc2c34)c2cccc3c2c2ccccc2n3-c2ccccc2)sc2ccccc12. The number of nitrogens with zero attached hydrogens (tertiary/aromatic N) is 3. The molecule has 2 aromatic heterocycles. The maximum atomic E-state index is 7.11. The van der Waals surface area contributed by atoms with Gasteiger partial charge in [0, 0.05) is 43.1 Å². The lowest BCUT2D eigenvalue weighted by Crippen LogP contribution is -2.22. The molecule has 10 aromatic rings. The summed E-state index contributed by atoms with van der Waals surface area (Å²) in [5.74, 6) is 0. The van der Waals surface area contributed by atoms with E-state index in [1.54, 1.807) is 11.3 Å². The largest absolute Gasteiger partial charge is 0.397 e. The van der Waals surface area contributed by atoms with Gasteiger partial charge in [0.15, 0.2) is 0 Å². The maximum absolute atomic E-state index is 7.11. The predicted molar refractivity (Wildman–Crippen MR) is 227 cm³/mol. The Morgan fingerprint density at radius 2 is 1.23 bits per heavy atom. The molecule has 0 atom stereocenters. The zero-order valence-electron chi connectivity index (χ0n) is 28.7. The van der Waals surface area contributed by atoms with Crippen molar-refractivity contribution in [1.29, 1.82) is 0 Å². The standard InChI is InChI=1S/C48H32N4S/c49-46-36-20-7-9-26-43(36)53-48(46)47(37-22-12-25-41-45(37)35-19-6-8-23-39(35)52(41)33-17-2-1-3-18-33)50-29-51-40-24-11-16-30-15-10-21-34(44(30)40)38-27-31-13-4-5-14-32(31)28-42(38)51/h1-28H,29,49H2/b50-47-. The molecule has 3 heterocycles. The quantitative estimate of drug-likeness (QED) is 0.182. The lowest BCUT2D eigenvalue weighted by molar-refractivity contribution is 0.987. The molecule has 0 amide bonds. The van der Waals surface area contributed by atoms with Gasteiger partial charge in [0.25, 0.3) is 0 Å². The number of hydrogen-bond donors (Lipinski definition) is 1. The number of nitrogen functional groups attached to an aromatic ring is 1. The van der Waals surface area contributed by atoms with Crippen LogP contribution < -0.4 is 10.6 Å². The van der Waals surface area contributed by atoms with Crippen LogP contribution in [0.15, 0.2) is 175 Å². The van der Waals surface area contributed by atoms with Crippen molar-refractivity contribution in [2.75, 3.05) is 17.3 Å². The van der Waals surface area contributed by atoms with Crippen LogP contribution in [0.3, 0.4) is 0 Å². The number of aromatic nitrogens is 1. The third-order valence-electron chi connectivity index (χ3n) is 10.8. The van der Waals surface area contributed by atoms with Crippen LogP contribution in [0.25, 0.3) is 70.3 Å². The first-order valence-corrected chi connectivity index (χ1v) is 18.8. The molecule has 0 aliphatic carbocycles. The van der Waals surface area contributed by atoms with Gasteiger partial charge in [-0.3, -0.25) is 4.99 Å². The molecule has 53 heavy (non-hydrogen) atoms. The summed E-state index contributed by atoms with van der Waals surface area (Å²) in [4.78, 5) is 9.07.